The van der Waals surface area contributed by atoms with Crippen LogP contribution in [-0.4, -0.2) is 9.97 Å². The van der Waals surface area contributed by atoms with Crippen LogP contribution in [0.3, 0.4) is 0 Å². The topological polar surface area (TPSA) is 58.8 Å². The molecule has 1 aromatic carbocycles. The molecule has 0 bridgehead atoms. The maximum atomic E-state index is 7.47. The van der Waals surface area contributed by atoms with E-state index >= 15 is 0 Å². The number of nitrogens with zero attached hydrogens (tertiary/aromatic N) is 2. The summed E-state index contributed by atoms with van der Waals surface area (Å²) >= 11 is 0. The molecule has 0 amide bonds. The van der Waals surface area contributed by atoms with Crippen molar-refractivity contribution in [3.8, 4) is 11.6 Å². The van der Waals surface area contributed by atoms with Crippen LogP contribution >= 0.6 is 0 Å². The van der Waals surface area contributed by atoms with Crippen LogP contribution in [-0.2, 0) is 0 Å². The van der Waals surface area contributed by atoms with E-state index in [-0.39, 0.29) is 0 Å². The fraction of sp³-hybridized carbons (Fsp3) is 0.167. The van der Waals surface area contributed by atoms with Gasteiger partial charge in [0, 0.05) is 12.3 Å². The SMILES string of the molecule is Cc1nccc(Oc2ccc([NH])cc2C)n1. The Morgan fingerprint density at radius 1 is 1.19 bits per heavy atom. The molecule has 2 rings (SSSR count). The molecule has 1 aromatic heterocycles. The zero-order chi connectivity index (χ0) is 11.5. The van der Waals surface area contributed by atoms with Crippen molar-refractivity contribution >= 4 is 5.69 Å². The molecule has 0 aliphatic rings. The van der Waals surface area contributed by atoms with Gasteiger partial charge in [-0.25, -0.2) is 4.98 Å². The molecule has 0 aliphatic heterocycles. The van der Waals surface area contributed by atoms with Crippen molar-refractivity contribution in [1.82, 2.24) is 15.7 Å². The molecule has 0 aliphatic carbocycles. The van der Waals surface area contributed by atoms with Crippen LogP contribution in [0.15, 0.2) is 30.5 Å². The van der Waals surface area contributed by atoms with E-state index in [1.807, 2.05) is 13.8 Å². The number of hydrogen-bond acceptors (Lipinski definition) is 3. The summed E-state index contributed by atoms with van der Waals surface area (Å²) in [5.41, 5.74) is 8.86. The number of rotatable bonds is 2. The summed E-state index contributed by atoms with van der Waals surface area (Å²) in [6.07, 6.45) is 1.66. The van der Waals surface area contributed by atoms with E-state index < -0.39 is 0 Å². The van der Waals surface area contributed by atoms with E-state index in [9.17, 15) is 0 Å². The van der Waals surface area contributed by atoms with Crippen LogP contribution in [0.5, 0.6) is 11.6 Å². The number of benzene rings is 1. The highest BCUT2D eigenvalue weighted by molar-refractivity contribution is 5.45. The molecule has 0 saturated heterocycles. The first-order valence-electron chi connectivity index (χ1n) is 4.95. The van der Waals surface area contributed by atoms with Gasteiger partial charge in [0.2, 0.25) is 5.88 Å². The molecule has 4 heteroatoms. The minimum Gasteiger partial charge on any atom is -0.439 e. The van der Waals surface area contributed by atoms with Crippen LogP contribution < -0.4 is 10.5 Å². The molecule has 2 aromatic rings. The van der Waals surface area contributed by atoms with Gasteiger partial charge in [0.05, 0.1) is 5.69 Å². The number of ether oxygens (including phenoxy) is 1. The highest BCUT2D eigenvalue weighted by atomic mass is 16.5. The lowest BCUT2D eigenvalue weighted by atomic mass is 10.2. The van der Waals surface area contributed by atoms with Gasteiger partial charge in [-0.1, -0.05) is 0 Å². The molecule has 0 spiro atoms. The van der Waals surface area contributed by atoms with Gasteiger partial charge in [0.1, 0.15) is 11.6 Å². The Kier molecular flexibility index (Phi) is 2.72. The van der Waals surface area contributed by atoms with Gasteiger partial charge < -0.3 is 10.5 Å². The second-order valence-electron chi connectivity index (χ2n) is 3.52. The average Bonchev–Trinajstić information content (AvgIpc) is 2.22. The summed E-state index contributed by atoms with van der Waals surface area (Å²) in [5.74, 6) is 1.91. The van der Waals surface area contributed by atoms with Crippen molar-refractivity contribution in [2.75, 3.05) is 0 Å². The minimum absolute atomic E-state index is 0.476. The fourth-order valence-electron chi connectivity index (χ4n) is 1.37. The van der Waals surface area contributed by atoms with E-state index in [2.05, 4.69) is 9.97 Å². The Morgan fingerprint density at radius 2 is 2.00 bits per heavy atom. The van der Waals surface area contributed by atoms with Crippen molar-refractivity contribution < 1.29 is 4.74 Å². The Bertz CT molecular complexity index is 511. The van der Waals surface area contributed by atoms with Crippen molar-refractivity contribution in [2.45, 2.75) is 13.8 Å². The molecule has 1 radical (unpaired) electrons. The molecular formula is C12H12N3O. The fourth-order valence-corrected chi connectivity index (χ4v) is 1.37. The summed E-state index contributed by atoms with van der Waals surface area (Å²) < 4.78 is 5.61. The van der Waals surface area contributed by atoms with E-state index in [0.717, 1.165) is 5.56 Å². The summed E-state index contributed by atoms with van der Waals surface area (Å²) in [5, 5.41) is 0. The molecule has 1 heterocycles. The predicted molar refractivity (Wildman–Crippen MR) is 60.8 cm³/mol. The van der Waals surface area contributed by atoms with Crippen LogP contribution in [0, 0.1) is 13.8 Å². The monoisotopic (exact) mass is 214 g/mol. The maximum Gasteiger partial charge on any atom is 0.222 e. The van der Waals surface area contributed by atoms with Crippen molar-refractivity contribution in [1.29, 1.82) is 0 Å². The molecule has 0 fully saturated rings. The van der Waals surface area contributed by atoms with Crippen molar-refractivity contribution in [3.05, 3.63) is 41.9 Å². The van der Waals surface area contributed by atoms with Gasteiger partial charge in [0.15, 0.2) is 0 Å². The Hall–Kier alpha value is -2.10. The first-order chi connectivity index (χ1) is 7.65. The van der Waals surface area contributed by atoms with E-state index in [0.29, 0.717) is 23.1 Å². The predicted octanol–water partition coefficient (Wildman–Crippen LogP) is 2.80. The molecule has 4 nitrogen and oxygen atoms in total. The third kappa shape index (κ3) is 2.28. The number of aromatic nitrogens is 2. The highest BCUT2D eigenvalue weighted by Crippen LogP contribution is 2.25. The molecule has 81 valence electrons. The molecule has 0 atom stereocenters. The highest BCUT2D eigenvalue weighted by Gasteiger charge is 2.03. The normalized spacial score (nSPS) is 10.1. The zero-order valence-corrected chi connectivity index (χ0v) is 9.19. The maximum absolute atomic E-state index is 7.47. The van der Waals surface area contributed by atoms with Gasteiger partial charge in [-0.15, -0.1) is 0 Å². The van der Waals surface area contributed by atoms with Gasteiger partial charge in [-0.05, 0) is 37.6 Å². The quantitative estimate of drug-likeness (QED) is 0.772. The summed E-state index contributed by atoms with van der Waals surface area (Å²) in [6.45, 7) is 3.72. The average molecular weight is 214 g/mol. The first kappa shape index (κ1) is 10.4. The molecule has 0 unspecified atom stereocenters. The standard InChI is InChI=1S/C12H12N3O/c1-8-7-10(13)3-4-11(8)16-12-5-6-14-9(2)15-12/h3-7,13H,1-2H3. The van der Waals surface area contributed by atoms with Crippen LogP contribution in [0.1, 0.15) is 11.4 Å². The molecule has 0 saturated carbocycles. The summed E-state index contributed by atoms with van der Waals surface area (Å²) in [6, 6.07) is 6.93. The lowest BCUT2D eigenvalue weighted by molar-refractivity contribution is 0.456. The van der Waals surface area contributed by atoms with Gasteiger partial charge in [-0.2, -0.15) is 4.98 Å². The van der Waals surface area contributed by atoms with Crippen LogP contribution in [0.4, 0.5) is 5.69 Å². The third-order valence-corrected chi connectivity index (χ3v) is 2.14. The zero-order valence-electron chi connectivity index (χ0n) is 9.19. The second-order valence-corrected chi connectivity index (χ2v) is 3.52. The van der Waals surface area contributed by atoms with E-state index in [1.54, 1.807) is 30.5 Å². The van der Waals surface area contributed by atoms with E-state index in [1.165, 1.54) is 0 Å². The Balaban J connectivity index is 2.27. The smallest absolute Gasteiger partial charge is 0.222 e. The van der Waals surface area contributed by atoms with Crippen LogP contribution in [0.25, 0.3) is 0 Å². The summed E-state index contributed by atoms with van der Waals surface area (Å²) in [4.78, 5) is 8.15. The Morgan fingerprint density at radius 3 is 2.69 bits per heavy atom. The third-order valence-electron chi connectivity index (χ3n) is 2.14. The van der Waals surface area contributed by atoms with Crippen LogP contribution in [0.2, 0.25) is 0 Å². The van der Waals surface area contributed by atoms with Gasteiger partial charge >= 0.3 is 0 Å². The van der Waals surface area contributed by atoms with E-state index in [4.69, 9.17) is 10.5 Å². The molecule has 16 heavy (non-hydrogen) atoms. The summed E-state index contributed by atoms with van der Waals surface area (Å²) in [7, 11) is 0. The van der Waals surface area contributed by atoms with Crippen molar-refractivity contribution in [2.24, 2.45) is 0 Å². The first-order valence-corrected chi connectivity index (χ1v) is 4.95. The number of nitrogens with one attached hydrogen (secondary N) is 1. The van der Waals surface area contributed by atoms with Gasteiger partial charge in [0.25, 0.3) is 0 Å². The molecular weight excluding hydrogens is 202 g/mol. The lowest BCUT2D eigenvalue weighted by Crippen LogP contribution is -1.93. The molecule has 1 N–H and O–H groups in total. The second kappa shape index (κ2) is 4.18. The lowest BCUT2D eigenvalue weighted by Gasteiger charge is -2.07. The van der Waals surface area contributed by atoms with Crippen molar-refractivity contribution in [3.63, 3.8) is 0 Å². The number of hydrogen-bond donors (Lipinski definition) is 0. The minimum atomic E-state index is 0.476. The largest absolute Gasteiger partial charge is 0.439 e. The van der Waals surface area contributed by atoms with Gasteiger partial charge in [-0.3, -0.25) is 0 Å². The number of aryl methyl sites for hydroxylation is 2. The Labute approximate surface area is 94.1 Å².